The third-order valence-electron chi connectivity index (χ3n) is 2.78. The summed E-state index contributed by atoms with van der Waals surface area (Å²) in [4.78, 5) is 11.1. The number of carbonyl (C=O) groups excluding carboxylic acids is 1. The van der Waals surface area contributed by atoms with E-state index in [1.54, 1.807) is 6.92 Å². The normalized spacial score (nSPS) is 38.5. The number of carbonyl (C=O) groups is 1. The van der Waals surface area contributed by atoms with Crippen LogP contribution in [0.1, 0.15) is 27.2 Å². The van der Waals surface area contributed by atoms with Crippen LogP contribution in [0, 0.1) is 11.3 Å². The molecule has 1 aliphatic carbocycles. The summed E-state index contributed by atoms with van der Waals surface area (Å²) in [5, 5.41) is 0. The molecule has 10 heavy (non-hydrogen) atoms. The van der Waals surface area contributed by atoms with E-state index >= 15 is 0 Å². The molecule has 0 saturated carbocycles. The molecule has 0 bridgehead atoms. The molecular weight excluding hydrogens is 124 g/mol. The zero-order valence-electron chi connectivity index (χ0n) is 6.85. The second kappa shape index (κ2) is 2.22. The fourth-order valence-corrected chi connectivity index (χ4v) is 1.38. The SMILES string of the molecule is CC(=O)C1(C)CC=CC1C. The van der Waals surface area contributed by atoms with Crippen molar-refractivity contribution in [1.29, 1.82) is 0 Å². The summed E-state index contributed by atoms with van der Waals surface area (Å²) in [6.07, 6.45) is 5.15. The molecule has 0 amide bonds. The average Bonchev–Trinajstić information content (AvgIpc) is 2.15. The van der Waals surface area contributed by atoms with Gasteiger partial charge < -0.3 is 0 Å². The smallest absolute Gasteiger partial charge is 0.136 e. The molecule has 0 fully saturated rings. The van der Waals surface area contributed by atoms with Crippen molar-refractivity contribution in [2.45, 2.75) is 27.2 Å². The molecule has 0 N–H and O–H groups in total. The predicted octanol–water partition coefficient (Wildman–Crippen LogP) is 2.18. The van der Waals surface area contributed by atoms with E-state index < -0.39 is 0 Å². The van der Waals surface area contributed by atoms with Gasteiger partial charge in [0.25, 0.3) is 0 Å². The molecular formula is C9H14O. The minimum atomic E-state index is -0.0972. The monoisotopic (exact) mass is 138 g/mol. The van der Waals surface area contributed by atoms with Crippen LogP contribution in [0.15, 0.2) is 12.2 Å². The van der Waals surface area contributed by atoms with Gasteiger partial charge in [0.05, 0.1) is 0 Å². The van der Waals surface area contributed by atoms with Gasteiger partial charge in [-0.25, -0.2) is 0 Å². The van der Waals surface area contributed by atoms with Crippen LogP contribution in [0.2, 0.25) is 0 Å². The topological polar surface area (TPSA) is 17.1 Å². The lowest BCUT2D eigenvalue weighted by atomic mass is 9.77. The summed E-state index contributed by atoms with van der Waals surface area (Å²) in [5.74, 6) is 0.731. The Labute approximate surface area is 62.1 Å². The van der Waals surface area contributed by atoms with Crippen molar-refractivity contribution >= 4 is 5.78 Å². The molecule has 2 atom stereocenters. The largest absolute Gasteiger partial charge is 0.299 e. The summed E-state index contributed by atoms with van der Waals surface area (Å²) in [5.41, 5.74) is -0.0972. The first-order valence-corrected chi connectivity index (χ1v) is 3.75. The van der Waals surface area contributed by atoms with Gasteiger partial charge >= 0.3 is 0 Å². The molecule has 0 saturated heterocycles. The number of ketones is 1. The fourth-order valence-electron chi connectivity index (χ4n) is 1.38. The molecule has 1 nitrogen and oxygen atoms in total. The Balaban J connectivity index is 2.80. The van der Waals surface area contributed by atoms with Crippen molar-refractivity contribution < 1.29 is 4.79 Å². The summed E-state index contributed by atoms with van der Waals surface area (Å²) >= 11 is 0. The third-order valence-corrected chi connectivity index (χ3v) is 2.78. The van der Waals surface area contributed by atoms with Crippen LogP contribution in [-0.2, 0) is 4.79 Å². The van der Waals surface area contributed by atoms with E-state index in [0.717, 1.165) is 6.42 Å². The van der Waals surface area contributed by atoms with Gasteiger partial charge in [-0.1, -0.05) is 26.0 Å². The van der Waals surface area contributed by atoms with Crippen LogP contribution in [0.25, 0.3) is 0 Å². The number of Topliss-reactive ketones (excluding diaryl/α,β-unsaturated/α-hetero) is 1. The Morgan fingerprint density at radius 2 is 2.30 bits per heavy atom. The highest BCUT2D eigenvalue weighted by atomic mass is 16.1. The van der Waals surface area contributed by atoms with Crippen LogP contribution in [-0.4, -0.2) is 5.78 Å². The molecule has 0 spiro atoms. The van der Waals surface area contributed by atoms with Crippen molar-refractivity contribution in [2.24, 2.45) is 11.3 Å². The number of hydrogen-bond acceptors (Lipinski definition) is 1. The highest BCUT2D eigenvalue weighted by Gasteiger charge is 2.36. The van der Waals surface area contributed by atoms with Crippen molar-refractivity contribution in [2.75, 3.05) is 0 Å². The molecule has 1 heteroatoms. The zero-order valence-corrected chi connectivity index (χ0v) is 6.85. The Bertz CT molecular complexity index is 181. The summed E-state index contributed by atoms with van der Waals surface area (Å²) in [6, 6.07) is 0. The number of rotatable bonds is 1. The van der Waals surface area contributed by atoms with Gasteiger partial charge in [0.1, 0.15) is 5.78 Å². The first kappa shape index (κ1) is 7.52. The summed E-state index contributed by atoms with van der Waals surface area (Å²) in [7, 11) is 0. The highest BCUT2D eigenvalue weighted by molar-refractivity contribution is 5.83. The molecule has 0 aromatic carbocycles. The fraction of sp³-hybridized carbons (Fsp3) is 0.667. The van der Waals surface area contributed by atoms with E-state index in [1.165, 1.54) is 0 Å². The van der Waals surface area contributed by atoms with Gasteiger partial charge in [-0.05, 0) is 19.3 Å². The van der Waals surface area contributed by atoms with Gasteiger partial charge in [-0.2, -0.15) is 0 Å². The van der Waals surface area contributed by atoms with Crippen LogP contribution in [0.5, 0.6) is 0 Å². The van der Waals surface area contributed by atoms with Crippen LogP contribution in [0.3, 0.4) is 0 Å². The first-order valence-electron chi connectivity index (χ1n) is 3.75. The van der Waals surface area contributed by atoms with Gasteiger partial charge in [0, 0.05) is 5.41 Å². The quantitative estimate of drug-likeness (QED) is 0.507. The van der Waals surface area contributed by atoms with E-state index in [-0.39, 0.29) is 5.41 Å². The van der Waals surface area contributed by atoms with Gasteiger partial charge in [-0.3, -0.25) is 4.79 Å². The minimum Gasteiger partial charge on any atom is -0.299 e. The maximum absolute atomic E-state index is 11.1. The standard InChI is InChI=1S/C9H14O/c1-7-5-4-6-9(7,3)8(2)10/h4-5,7H,6H2,1-3H3. The second-order valence-electron chi connectivity index (χ2n) is 3.39. The summed E-state index contributed by atoms with van der Waals surface area (Å²) < 4.78 is 0. The predicted molar refractivity (Wildman–Crippen MR) is 41.7 cm³/mol. The lowest BCUT2D eigenvalue weighted by Crippen LogP contribution is -2.28. The van der Waals surface area contributed by atoms with Gasteiger partial charge in [0.2, 0.25) is 0 Å². The zero-order chi connectivity index (χ0) is 7.78. The molecule has 1 aliphatic rings. The third kappa shape index (κ3) is 0.898. The maximum Gasteiger partial charge on any atom is 0.136 e. The lowest BCUT2D eigenvalue weighted by molar-refractivity contribution is -0.126. The molecule has 2 unspecified atom stereocenters. The molecule has 0 radical (unpaired) electrons. The van der Waals surface area contributed by atoms with Gasteiger partial charge in [-0.15, -0.1) is 0 Å². The van der Waals surface area contributed by atoms with Gasteiger partial charge in [0.15, 0.2) is 0 Å². The lowest BCUT2D eigenvalue weighted by Gasteiger charge is -2.25. The van der Waals surface area contributed by atoms with Crippen molar-refractivity contribution in [3.05, 3.63) is 12.2 Å². The molecule has 0 aromatic rings. The minimum absolute atomic E-state index is 0.0972. The van der Waals surface area contributed by atoms with E-state index in [0.29, 0.717) is 11.7 Å². The van der Waals surface area contributed by atoms with Crippen molar-refractivity contribution in [3.63, 3.8) is 0 Å². The molecule has 0 aliphatic heterocycles. The molecule has 0 heterocycles. The summed E-state index contributed by atoms with van der Waals surface area (Å²) in [6.45, 7) is 5.83. The van der Waals surface area contributed by atoms with E-state index in [9.17, 15) is 4.79 Å². The molecule has 0 aromatic heterocycles. The van der Waals surface area contributed by atoms with E-state index in [1.807, 2.05) is 6.92 Å². The Morgan fingerprint density at radius 3 is 2.50 bits per heavy atom. The average molecular weight is 138 g/mol. The van der Waals surface area contributed by atoms with Crippen molar-refractivity contribution in [3.8, 4) is 0 Å². The Morgan fingerprint density at radius 1 is 1.70 bits per heavy atom. The molecule has 1 rings (SSSR count). The number of allylic oxidation sites excluding steroid dienone is 2. The van der Waals surface area contributed by atoms with Crippen LogP contribution in [0.4, 0.5) is 0 Å². The van der Waals surface area contributed by atoms with Crippen molar-refractivity contribution in [1.82, 2.24) is 0 Å². The van der Waals surface area contributed by atoms with Crippen LogP contribution < -0.4 is 0 Å². The second-order valence-corrected chi connectivity index (χ2v) is 3.39. The Hall–Kier alpha value is -0.590. The highest BCUT2D eigenvalue weighted by Crippen LogP contribution is 2.38. The van der Waals surface area contributed by atoms with E-state index in [4.69, 9.17) is 0 Å². The number of hydrogen-bond donors (Lipinski definition) is 0. The molecule has 56 valence electrons. The first-order chi connectivity index (χ1) is 4.57. The van der Waals surface area contributed by atoms with Crippen LogP contribution >= 0.6 is 0 Å². The van der Waals surface area contributed by atoms with E-state index in [2.05, 4.69) is 19.1 Å². The maximum atomic E-state index is 11.1. The Kier molecular flexibility index (Phi) is 1.67.